The quantitative estimate of drug-likeness (QED) is 0.280. The number of carboxylic acids is 1. The van der Waals surface area contributed by atoms with E-state index in [2.05, 4.69) is 43.2 Å². The van der Waals surface area contributed by atoms with Gasteiger partial charge in [0.15, 0.2) is 0 Å². The number of nitrogens with zero attached hydrogens (tertiary/aromatic N) is 1. The van der Waals surface area contributed by atoms with E-state index in [1.165, 1.54) is 16.2 Å². The Kier molecular flexibility index (Phi) is 9.27. The number of hydrogen-bond donors (Lipinski definition) is 4. The van der Waals surface area contributed by atoms with Crippen LogP contribution in [0.3, 0.4) is 0 Å². The Balaban J connectivity index is 1.81. The first-order valence-corrected chi connectivity index (χ1v) is 12.3. The molecule has 0 aliphatic heterocycles. The molecule has 0 aliphatic carbocycles. The van der Waals surface area contributed by atoms with Crippen molar-refractivity contribution in [2.24, 2.45) is 5.73 Å². The first-order valence-electron chi connectivity index (χ1n) is 12.3. The summed E-state index contributed by atoms with van der Waals surface area (Å²) in [4.78, 5) is 37.8. The topological polar surface area (TPSA) is 126 Å². The fourth-order valence-corrected chi connectivity index (χ4v) is 4.07. The molecule has 0 aliphatic rings. The van der Waals surface area contributed by atoms with Gasteiger partial charge >= 0.3 is 5.97 Å². The van der Waals surface area contributed by atoms with Crippen LogP contribution in [-0.2, 0) is 11.3 Å². The minimum atomic E-state index is -1.17. The molecule has 0 fully saturated rings. The zero-order chi connectivity index (χ0) is 26.9. The van der Waals surface area contributed by atoms with E-state index in [9.17, 15) is 19.5 Å². The predicted molar refractivity (Wildman–Crippen MR) is 145 cm³/mol. The minimum absolute atomic E-state index is 0.110. The van der Waals surface area contributed by atoms with E-state index in [4.69, 9.17) is 5.73 Å². The van der Waals surface area contributed by atoms with E-state index in [-0.39, 0.29) is 24.4 Å². The van der Waals surface area contributed by atoms with Crippen LogP contribution in [-0.4, -0.2) is 34.1 Å². The molecule has 1 amide bonds. The van der Waals surface area contributed by atoms with Crippen LogP contribution in [0.4, 0.5) is 0 Å². The van der Waals surface area contributed by atoms with E-state index in [0.29, 0.717) is 18.9 Å². The molecule has 1 atom stereocenters. The van der Waals surface area contributed by atoms with Crippen molar-refractivity contribution in [2.75, 3.05) is 6.54 Å². The third-order valence-electron chi connectivity index (χ3n) is 6.11. The van der Waals surface area contributed by atoms with Crippen molar-refractivity contribution in [3.8, 4) is 11.1 Å². The zero-order valence-electron chi connectivity index (χ0n) is 21.2. The third-order valence-corrected chi connectivity index (χ3v) is 6.11. The Hall–Kier alpha value is -4.33. The molecule has 8 nitrogen and oxygen atoms in total. The van der Waals surface area contributed by atoms with E-state index in [0.717, 1.165) is 16.7 Å². The molecule has 0 saturated carbocycles. The smallest absolute Gasteiger partial charge is 0.326 e. The van der Waals surface area contributed by atoms with Crippen molar-refractivity contribution < 1.29 is 14.7 Å². The largest absolute Gasteiger partial charge is 0.480 e. The van der Waals surface area contributed by atoms with Crippen LogP contribution in [0.25, 0.3) is 11.1 Å². The summed E-state index contributed by atoms with van der Waals surface area (Å²) in [6, 6.07) is 18.1. The number of carbonyl (C=O) groups excluding carboxylic acids is 1. The molecular formula is C29H34N4O4. The molecule has 0 saturated heterocycles. The average molecular weight is 503 g/mol. The molecule has 194 valence electrons. The van der Waals surface area contributed by atoms with Gasteiger partial charge in [0, 0.05) is 12.7 Å². The fraction of sp³-hybridized carbons (Fsp3) is 0.276. The molecule has 1 aromatic heterocycles. The first-order chi connectivity index (χ1) is 17.7. The maximum atomic E-state index is 13.2. The van der Waals surface area contributed by atoms with Gasteiger partial charge in [-0.25, -0.2) is 4.79 Å². The Labute approximate surface area is 216 Å². The van der Waals surface area contributed by atoms with Crippen LogP contribution >= 0.6 is 0 Å². The lowest BCUT2D eigenvalue weighted by Gasteiger charge is -2.16. The lowest BCUT2D eigenvalue weighted by molar-refractivity contribution is -0.139. The summed E-state index contributed by atoms with van der Waals surface area (Å²) < 4.78 is 1.46. The highest BCUT2D eigenvalue weighted by molar-refractivity contribution is 5.96. The maximum Gasteiger partial charge on any atom is 0.326 e. The summed E-state index contributed by atoms with van der Waals surface area (Å²) in [5, 5.41) is 14.8. The number of benzene rings is 2. The molecular weight excluding hydrogens is 468 g/mol. The van der Waals surface area contributed by atoms with Gasteiger partial charge in [0.05, 0.1) is 12.4 Å². The van der Waals surface area contributed by atoms with Crippen LogP contribution in [0.2, 0.25) is 0 Å². The lowest BCUT2D eigenvalue weighted by atomic mass is 9.94. The zero-order valence-corrected chi connectivity index (χ0v) is 21.2. The number of amides is 1. The van der Waals surface area contributed by atoms with Crippen LogP contribution in [0.15, 0.2) is 84.1 Å². The number of pyridine rings is 1. The van der Waals surface area contributed by atoms with E-state index < -0.39 is 23.5 Å². The molecule has 0 bridgehead atoms. The van der Waals surface area contributed by atoms with Crippen LogP contribution in [0, 0.1) is 0 Å². The van der Waals surface area contributed by atoms with Gasteiger partial charge in [-0.3, -0.25) is 9.59 Å². The van der Waals surface area contributed by atoms with Crippen molar-refractivity contribution in [1.29, 1.82) is 0 Å². The Morgan fingerprint density at radius 1 is 1.08 bits per heavy atom. The van der Waals surface area contributed by atoms with Gasteiger partial charge in [-0.05, 0) is 53.1 Å². The second-order valence-corrected chi connectivity index (χ2v) is 9.25. The van der Waals surface area contributed by atoms with Crippen molar-refractivity contribution in [3.05, 3.63) is 106 Å². The van der Waals surface area contributed by atoms with Crippen molar-refractivity contribution in [3.63, 3.8) is 0 Å². The maximum absolute atomic E-state index is 13.2. The second kappa shape index (κ2) is 12.6. The Morgan fingerprint density at radius 2 is 1.84 bits per heavy atom. The number of aliphatic carboxylic acids is 1. The van der Waals surface area contributed by atoms with E-state index >= 15 is 0 Å². The minimum Gasteiger partial charge on any atom is -0.480 e. The molecule has 1 heterocycles. The molecule has 8 heteroatoms. The number of aromatic nitrogens is 1. The van der Waals surface area contributed by atoms with Crippen molar-refractivity contribution >= 4 is 11.9 Å². The normalized spacial score (nSPS) is 11.6. The van der Waals surface area contributed by atoms with Gasteiger partial charge in [0.25, 0.3) is 11.5 Å². The molecule has 3 aromatic rings. The molecule has 0 spiro atoms. The van der Waals surface area contributed by atoms with Gasteiger partial charge in [-0.2, -0.15) is 0 Å². The average Bonchev–Trinajstić information content (AvgIpc) is 2.87. The summed E-state index contributed by atoms with van der Waals surface area (Å²) in [5.41, 5.74) is 9.06. The molecule has 3 rings (SSSR count). The third kappa shape index (κ3) is 7.33. The molecule has 2 aromatic carbocycles. The number of carboxylic acid groups (broad SMARTS) is 1. The SMILES string of the molecule is C=C(N)NCCCC(NC(=O)c1cccn(Cc2ccccc2-c2cccc(C(C)C)c2)c1=O)C(=O)O. The highest BCUT2D eigenvalue weighted by Gasteiger charge is 2.22. The van der Waals surface area contributed by atoms with Gasteiger partial charge in [-0.15, -0.1) is 0 Å². The van der Waals surface area contributed by atoms with Gasteiger partial charge < -0.3 is 26.0 Å². The van der Waals surface area contributed by atoms with Crippen molar-refractivity contribution in [1.82, 2.24) is 15.2 Å². The fourth-order valence-electron chi connectivity index (χ4n) is 4.07. The first kappa shape index (κ1) is 27.3. The van der Waals surface area contributed by atoms with Crippen LogP contribution in [0.5, 0.6) is 0 Å². The molecule has 5 N–H and O–H groups in total. The number of rotatable bonds is 12. The summed E-state index contributed by atoms with van der Waals surface area (Å²) >= 11 is 0. The highest BCUT2D eigenvalue weighted by Crippen LogP contribution is 2.27. The summed E-state index contributed by atoms with van der Waals surface area (Å²) in [7, 11) is 0. The standard InChI is InChI=1S/C29H34N4O4/c1-19(2)21-10-6-11-22(17-21)24-12-5-4-9-23(24)18-33-16-8-13-25(28(33)35)27(34)32-26(29(36)37)14-7-15-31-20(3)30/h4-6,8-13,16-17,19,26,31H,3,7,14-15,18,30H2,1-2H3,(H,32,34)(H,36,37). The van der Waals surface area contributed by atoms with Crippen LogP contribution < -0.4 is 21.9 Å². The van der Waals surface area contributed by atoms with Crippen LogP contribution in [0.1, 0.15) is 54.1 Å². The Bertz CT molecular complexity index is 1330. The monoisotopic (exact) mass is 502 g/mol. The number of nitrogens with one attached hydrogen (secondary N) is 2. The molecule has 37 heavy (non-hydrogen) atoms. The number of hydrogen-bond acceptors (Lipinski definition) is 5. The highest BCUT2D eigenvalue weighted by atomic mass is 16.4. The predicted octanol–water partition coefficient (Wildman–Crippen LogP) is 3.67. The van der Waals surface area contributed by atoms with Crippen molar-refractivity contribution in [2.45, 2.75) is 45.2 Å². The summed E-state index contributed by atoms with van der Waals surface area (Å²) in [6.45, 7) is 8.49. The van der Waals surface area contributed by atoms with Gasteiger partial charge in [0.1, 0.15) is 11.6 Å². The number of nitrogens with two attached hydrogens (primary N) is 1. The summed E-state index contributed by atoms with van der Waals surface area (Å²) in [5.74, 6) is -1.22. The molecule has 0 radical (unpaired) electrons. The lowest BCUT2D eigenvalue weighted by Crippen LogP contribution is -2.43. The second-order valence-electron chi connectivity index (χ2n) is 9.25. The number of carbonyl (C=O) groups is 2. The summed E-state index contributed by atoms with van der Waals surface area (Å²) in [6.07, 6.45) is 2.24. The Morgan fingerprint density at radius 3 is 2.54 bits per heavy atom. The van der Waals surface area contributed by atoms with Gasteiger partial charge in [0.2, 0.25) is 0 Å². The molecule has 1 unspecified atom stereocenters. The van der Waals surface area contributed by atoms with Gasteiger partial charge in [-0.1, -0.05) is 69.0 Å². The van der Waals surface area contributed by atoms with E-state index in [1.54, 1.807) is 12.3 Å². The van der Waals surface area contributed by atoms with E-state index in [1.807, 2.05) is 36.4 Å².